The normalized spacial score (nSPS) is 22.8. The number of methoxy groups -OCH3 is 1. The number of nitrogens with one attached hydrogen (secondary N) is 2. The van der Waals surface area contributed by atoms with Crippen molar-refractivity contribution in [3.8, 4) is 5.75 Å². The Hall–Kier alpha value is -2.97. The molecule has 5 heterocycles. The van der Waals surface area contributed by atoms with Crippen molar-refractivity contribution in [1.82, 2.24) is 20.3 Å². The third-order valence-electron chi connectivity index (χ3n) is 6.70. The summed E-state index contributed by atoms with van der Waals surface area (Å²) < 4.78 is 5.86. The highest BCUT2D eigenvalue weighted by Crippen LogP contribution is 2.39. The van der Waals surface area contributed by atoms with E-state index in [1.165, 1.54) is 24.2 Å². The molecule has 3 fully saturated rings. The third-order valence-corrected chi connectivity index (χ3v) is 7.87. The lowest BCUT2D eigenvalue weighted by molar-refractivity contribution is 0.0445. The Morgan fingerprint density at radius 3 is 2.79 bits per heavy atom. The van der Waals surface area contributed by atoms with Gasteiger partial charge in [0.05, 0.1) is 31.4 Å². The van der Waals surface area contributed by atoms with Crippen molar-refractivity contribution in [2.45, 2.75) is 38.8 Å². The van der Waals surface area contributed by atoms with Crippen LogP contribution in [0.15, 0.2) is 46.3 Å². The van der Waals surface area contributed by atoms with Crippen LogP contribution in [-0.4, -0.2) is 41.3 Å². The van der Waals surface area contributed by atoms with Crippen molar-refractivity contribution in [3.05, 3.63) is 63.0 Å². The van der Waals surface area contributed by atoms with Crippen LogP contribution >= 0.6 is 11.3 Å². The Bertz CT molecular complexity index is 1240. The van der Waals surface area contributed by atoms with E-state index in [1.807, 2.05) is 43.3 Å². The molecule has 1 unspecified atom stereocenters. The van der Waals surface area contributed by atoms with Crippen LogP contribution in [0.2, 0.25) is 0 Å². The van der Waals surface area contributed by atoms with Gasteiger partial charge in [-0.25, -0.2) is 4.98 Å². The zero-order chi connectivity index (χ0) is 22.8. The number of aromatic nitrogens is 2. The molecule has 2 N–H and O–H groups in total. The predicted octanol–water partition coefficient (Wildman–Crippen LogP) is 4.33. The molecule has 0 amide bonds. The first-order chi connectivity index (χ1) is 16.1. The predicted molar refractivity (Wildman–Crippen MR) is 134 cm³/mol. The maximum Gasteiger partial charge on any atom is 0.268 e. The smallest absolute Gasteiger partial charge is 0.268 e. The van der Waals surface area contributed by atoms with Crippen molar-refractivity contribution in [2.75, 3.05) is 20.2 Å². The molecular weight excluding hydrogens is 434 g/mol. The molecule has 3 aliphatic heterocycles. The van der Waals surface area contributed by atoms with E-state index >= 15 is 0 Å². The number of thiophene rings is 1. The Kier molecular flexibility index (Phi) is 6.28. The summed E-state index contributed by atoms with van der Waals surface area (Å²) in [4.78, 5) is 24.3. The van der Waals surface area contributed by atoms with Crippen molar-refractivity contribution < 1.29 is 4.74 Å². The molecule has 3 aromatic rings. The first-order valence-corrected chi connectivity index (χ1v) is 12.3. The standard InChI is InChI=1S/C25H29N5O2S/c1-3-18(15-27-26-14-17-4-6-19(32-2)7-5-17)22-13-20-23(33-22)25(31)29-24(28-20)21-12-16-8-10-30(21)11-9-16/h3-7,13,15-16,21,26H,8-12,14H2,1-2H3,(H,28,29,31)/b18-3-,27-15-. The van der Waals surface area contributed by atoms with Gasteiger partial charge >= 0.3 is 0 Å². The van der Waals surface area contributed by atoms with Crippen molar-refractivity contribution in [3.63, 3.8) is 0 Å². The van der Waals surface area contributed by atoms with E-state index in [-0.39, 0.29) is 11.6 Å². The van der Waals surface area contributed by atoms with Crippen molar-refractivity contribution in [2.24, 2.45) is 11.0 Å². The minimum atomic E-state index is -0.0427. The molecule has 7 nitrogen and oxygen atoms in total. The van der Waals surface area contributed by atoms with Gasteiger partial charge < -0.3 is 15.1 Å². The molecule has 0 radical (unpaired) electrons. The highest BCUT2D eigenvalue weighted by molar-refractivity contribution is 7.20. The summed E-state index contributed by atoms with van der Waals surface area (Å²) in [5.74, 6) is 2.41. The molecule has 2 aromatic heterocycles. The van der Waals surface area contributed by atoms with Crippen LogP contribution in [-0.2, 0) is 6.54 Å². The van der Waals surface area contributed by atoms with Crippen molar-refractivity contribution in [1.29, 1.82) is 0 Å². The lowest BCUT2D eigenvalue weighted by Crippen LogP contribution is -2.44. The van der Waals surface area contributed by atoms with E-state index in [4.69, 9.17) is 9.72 Å². The van der Waals surface area contributed by atoms with Crippen LogP contribution < -0.4 is 15.7 Å². The first kappa shape index (κ1) is 21.9. The third kappa shape index (κ3) is 4.58. The van der Waals surface area contributed by atoms with Crippen LogP contribution in [0, 0.1) is 5.92 Å². The Morgan fingerprint density at radius 2 is 2.12 bits per heavy atom. The van der Waals surface area contributed by atoms with Gasteiger partial charge in [0.25, 0.3) is 5.56 Å². The number of nitrogens with zero attached hydrogens (tertiary/aromatic N) is 3. The fourth-order valence-corrected chi connectivity index (χ4v) is 5.82. The fourth-order valence-electron chi connectivity index (χ4n) is 4.78. The lowest BCUT2D eigenvalue weighted by Gasteiger charge is -2.44. The maximum atomic E-state index is 12.9. The summed E-state index contributed by atoms with van der Waals surface area (Å²) >= 11 is 1.46. The molecule has 0 spiro atoms. The summed E-state index contributed by atoms with van der Waals surface area (Å²) in [5, 5.41) is 4.39. The van der Waals surface area contributed by atoms with E-state index in [0.29, 0.717) is 11.2 Å². The number of ether oxygens (including phenoxy) is 1. The topological polar surface area (TPSA) is 82.6 Å². The summed E-state index contributed by atoms with van der Waals surface area (Å²) in [6.07, 6.45) is 7.43. The minimum absolute atomic E-state index is 0.0427. The number of H-pyrrole nitrogens is 1. The van der Waals surface area contributed by atoms with E-state index in [0.717, 1.165) is 58.5 Å². The maximum absolute atomic E-state index is 12.9. The van der Waals surface area contributed by atoms with Gasteiger partial charge in [0, 0.05) is 10.5 Å². The number of benzene rings is 1. The molecule has 0 saturated carbocycles. The molecule has 33 heavy (non-hydrogen) atoms. The number of fused-ring (bicyclic) bond motifs is 4. The minimum Gasteiger partial charge on any atom is -0.497 e. The van der Waals surface area contributed by atoms with Crippen LogP contribution in [0.3, 0.4) is 0 Å². The molecule has 1 aromatic carbocycles. The number of piperidine rings is 3. The summed E-state index contributed by atoms with van der Waals surface area (Å²) in [6, 6.07) is 10.1. The summed E-state index contributed by atoms with van der Waals surface area (Å²) in [6.45, 7) is 4.81. The molecule has 0 aliphatic carbocycles. The number of hydrogen-bond acceptors (Lipinski definition) is 7. The first-order valence-electron chi connectivity index (χ1n) is 11.5. The zero-order valence-electron chi connectivity index (χ0n) is 19.0. The molecule has 6 rings (SSSR count). The Labute approximate surface area is 197 Å². The molecule has 3 aliphatic rings. The second-order valence-corrected chi connectivity index (χ2v) is 9.74. The van der Waals surface area contributed by atoms with Gasteiger partial charge in [-0.15, -0.1) is 11.3 Å². The van der Waals surface area contributed by atoms with Gasteiger partial charge in [0.1, 0.15) is 16.3 Å². The lowest BCUT2D eigenvalue weighted by atomic mass is 9.83. The van der Waals surface area contributed by atoms with E-state index in [9.17, 15) is 4.79 Å². The zero-order valence-corrected chi connectivity index (χ0v) is 19.8. The monoisotopic (exact) mass is 463 g/mol. The Balaban J connectivity index is 1.31. The molecule has 3 saturated heterocycles. The van der Waals surface area contributed by atoms with Gasteiger partial charge in [-0.1, -0.05) is 18.2 Å². The largest absolute Gasteiger partial charge is 0.497 e. The number of rotatable bonds is 7. The summed E-state index contributed by atoms with van der Waals surface area (Å²) in [7, 11) is 1.66. The highest BCUT2D eigenvalue weighted by Gasteiger charge is 2.35. The number of allylic oxidation sites excluding steroid dienone is 2. The van der Waals surface area contributed by atoms with E-state index < -0.39 is 0 Å². The Morgan fingerprint density at radius 1 is 1.33 bits per heavy atom. The quantitative estimate of drug-likeness (QED) is 0.403. The van der Waals surface area contributed by atoms with Gasteiger partial charge in [0.2, 0.25) is 0 Å². The average Bonchev–Trinajstić information content (AvgIpc) is 3.30. The molecule has 172 valence electrons. The van der Waals surface area contributed by atoms with Gasteiger partial charge in [-0.05, 0) is 69.0 Å². The van der Waals surface area contributed by atoms with Crippen molar-refractivity contribution >= 4 is 33.3 Å². The second kappa shape index (κ2) is 9.49. The number of hydrogen-bond donors (Lipinski definition) is 2. The molecular formula is C25H29N5O2S. The van der Waals surface area contributed by atoms with Crippen LogP contribution in [0.1, 0.15) is 48.5 Å². The molecule has 1 atom stereocenters. The van der Waals surface area contributed by atoms with Crippen LogP contribution in [0.25, 0.3) is 15.8 Å². The second-order valence-electron chi connectivity index (χ2n) is 8.69. The fraction of sp³-hybridized carbons (Fsp3) is 0.400. The SMILES string of the molecule is C/C=C(/C=N\NCc1ccc(OC)cc1)c1cc2nc(C3CC4CCN3CC4)[nH]c(=O)c2s1. The number of hydrazone groups is 1. The van der Waals surface area contributed by atoms with E-state index in [1.54, 1.807) is 13.3 Å². The van der Waals surface area contributed by atoms with Gasteiger partial charge in [-0.3, -0.25) is 9.69 Å². The van der Waals surface area contributed by atoms with E-state index in [2.05, 4.69) is 20.4 Å². The van der Waals surface area contributed by atoms with Gasteiger partial charge in [0.15, 0.2) is 0 Å². The molecule has 2 bridgehead atoms. The summed E-state index contributed by atoms with van der Waals surface area (Å²) in [5.41, 5.74) is 5.90. The highest BCUT2D eigenvalue weighted by atomic mass is 32.1. The van der Waals surface area contributed by atoms with Gasteiger partial charge in [-0.2, -0.15) is 5.10 Å². The van der Waals surface area contributed by atoms with Crippen LogP contribution in [0.5, 0.6) is 5.75 Å². The molecule has 8 heteroatoms. The number of aromatic amines is 1. The van der Waals surface area contributed by atoms with Crippen LogP contribution in [0.4, 0.5) is 0 Å². The average molecular weight is 464 g/mol.